The van der Waals surface area contributed by atoms with Gasteiger partial charge >= 0.3 is 0 Å². The van der Waals surface area contributed by atoms with Crippen LogP contribution in [0.15, 0.2) is 4.52 Å². The molecule has 1 saturated carbocycles. The Bertz CT molecular complexity index is 573. The molecule has 8 nitrogen and oxygen atoms in total. The van der Waals surface area contributed by atoms with E-state index in [-0.39, 0.29) is 17.7 Å². The van der Waals surface area contributed by atoms with E-state index in [1.807, 2.05) is 20.8 Å². The zero-order valence-electron chi connectivity index (χ0n) is 12.8. The highest BCUT2D eigenvalue weighted by Gasteiger charge is 2.54. The number of nitrogens with one attached hydrogen (secondary N) is 1. The minimum atomic E-state index is -0.839. The van der Waals surface area contributed by atoms with Crippen molar-refractivity contribution < 1.29 is 14.2 Å². The van der Waals surface area contributed by atoms with Gasteiger partial charge in [0.2, 0.25) is 17.8 Å². The Balaban J connectivity index is 2.07. The molecule has 1 aromatic heterocycles. The SMILES string of the molecule is CC(C)(C)c1nc(C(C)(C)NC(=O)[C@H]2C[C@H]2[N+](=O)[O-])no1. The van der Waals surface area contributed by atoms with E-state index in [4.69, 9.17) is 4.52 Å². The van der Waals surface area contributed by atoms with Crippen molar-refractivity contribution in [2.75, 3.05) is 0 Å². The van der Waals surface area contributed by atoms with Crippen LogP contribution >= 0.6 is 0 Å². The molecule has 1 N–H and O–H groups in total. The summed E-state index contributed by atoms with van der Waals surface area (Å²) in [5, 5.41) is 17.3. The van der Waals surface area contributed by atoms with Gasteiger partial charge in [-0.05, 0) is 13.8 Å². The fourth-order valence-electron chi connectivity index (χ4n) is 1.93. The highest BCUT2D eigenvalue weighted by molar-refractivity contribution is 5.82. The molecule has 0 spiro atoms. The van der Waals surface area contributed by atoms with Crippen LogP contribution in [-0.4, -0.2) is 27.0 Å². The van der Waals surface area contributed by atoms with Crippen LogP contribution in [0.25, 0.3) is 0 Å². The molecule has 0 unspecified atom stereocenters. The quantitative estimate of drug-likeness (QED) is 0.663. The summed E-state index contributed by atoms with van der Waals surface area (Å²) in [6.07, 6.45) is 0.286. The van der Waals surface area contributed by atoms with Gasteiger partial charge in [-0.3, -0.25) is 14.9 Å². The molecule has 0 saturated heterocycles. The van der Waals surface area contributed by atoms with Crippen LogP contribution in [0.2, 0.25) is 0 Å². The standard InChI is InChI=1S/C13H20N4O4/c1-12(2,3)11-14-10(16-21-11)13(4,5)15-9(18)7-6-8(7)17(19)20/h7-8H,6H2,1-5H3,(H,15,18)/t7-,8+/m0/s1. The topological polar surface area (TPSA) is 111 Å². The lowest BCUT2D eigenvalue weighted by Gasteiger charge is -2.22. The minimum absolute atomic E-state index is 0.279. The number of carbonyl (C=O) groups is 1. The largest absolute Gasteiger partial charge is 0.343 e. The van der Waals surface area contributed by atoms with Crippen LogP contribution in [0.5, 0.6) is 0 Å². The van der Waals surface area contributed by atoms with E-state index >= 15 is 0 Å². The summed E-state index contributed by atoms with van der Waals surface area (Å²) in [7, 11) is 0. The maximum atomic E-state index is 12.0. The van der Waals surface area contributed by atoms with Crippen molar-refractivity contribution >= 4 is 5.91 Å². The van der Waals surface area contributed by atoms with Crippen molar-refractivity contribution in [2.45, 2.75) is 58.0 Å². The van der Waals surface area contributed by atoms with E-state index < -0.39 is 22.4 Å². The third kappa shape index (κ3) is 3.20. The maximum Gasteiger partial charge on any atom is 0.232 e. The highest BCUT2D eigenvalue weighted by atomic mass is 16.6. The van der Waals surface area contributed by atoms with Gasteiger partial charge in [0.25, 0.3) is 0 Å². The zero-order valence-corrected chi connectivity index (χ0v) is 12.8. The van der Waals surface area contributed by atoms with Gasteiger partial charge in [0.05, 0.1) is 5.54 Å². The first-order chi connectivity index (χ1) is 9.52. The molecule has 1 aliphatic carbocycles. The second kappa shape index (κ2) is 4.78. The number of aromatic nitrogens is 2. The Kier molecular flexibility index (Phi) is 3.51. The van der Waals surface area contributed by atoms with Crippen molar-refractivity contribution in [3.8, 4) is 0 Å². The Morgan fingerprint density at radius 1 is 1.38 bits per heavy atom. The highest BCUT2D eigenvalue weighted by Crippen LogP contribution is 2.34. The molecule has 0 aliphatic heterocycles. The molecule has 1 amide bonds. The minimum Gasteiger partial charge on any atom is -0.343 e. The monoisotopic (exact) mass is 296 g/mol. The van der Waals surface area contributed by atoms with Gasteiger partial charge in [0.15, 0.2) is 5.82 Å². The molecule has 0 bridgehead atoms. The molecule has 116 valence electrons. The number of nitro groups is 1. The molecule has 2 rings (SSSR count). The van der Waals surface area contributed by atoms with E-state index in [1.165, 1.54) is 0 Å². The van der Waals surface area contributed by atoms with Gasteiger partial charge < -0.3 is 9.84 Å². The third-order valence-corrected chi connectivity index (χ3v) is 3.43. The normalized spacial score (nSPS) is 22.0. The number of hydrogen-bond acceptors (Lipinski definition) is 6. The lowest BCUT2D eigenvalue weighted by atomic mass is 9.97. The maximum absolute atomic E-state index is 12.0. The van der Waals surface area contributed by atoms with Crippen molar-refractivity contribution in [2.24, 2.45) is 5.92 Å². The summed E-state index contributed by atoms with van der Waals surface area (Å²) in [6.45, 7) is 9.32. The van der Waals surface area contributed by atoms with E-state index in [1.54, 1.807) is 13.8 Å². The van der Waals surface area contributed by atoms with Crippen molar-refractivity contribution in [3.63, 3.8) is 0 Å². The summed E-state index contributed by atoms with van der Waals surface area (Å²) >= 11 is 0. The van der Waals surface area contributed by atoms with Gasteiger partial charge in [0, 0.05) is 16.8 Å². The Hall–Kier alpha value is -1.99. The molecule has 2 atom stereocenters. The number of carbonyl (C=O) groups excluding carboxylic acids is 1. The number of rotatable bonds is 4. The van der Waals surface area contributed by atoms with Crippen LogP contribution in [0.3, 0.4) is 0 Å². The molecule has 1 aliphatic rings. The van der Waals surface area contributed by atoms with Crippen LogP contribution in [-0.2, 0) is 15.7 Å². The van der Waals surface area contributed by atoms with Gasteiger partial charge in [-0.25, -0.2) is 0 Å². The molecule has 0 aromatic carbocycles. The second-order valence-electron chi connectivity index (χ2n) is 6.98. The average molecular weight is 296 g/mol. The fourth-order valence-corrected chi connectivity index (χ4v) is 1.93. The van der Waals surface area contributed by atoms with Gasteiger partial charge in [-0.15, -0.1) is 0 Å². The summed E-state index contributed by atoms with van der Waals surface area (Å²) < 4.78 is 5.21. The van der Waals surface area contributed by atoms with Gasteiger partial charge in [-0.1, -0.05) is 25.9 Å². The van der Waals surface area contributed by atoms with Crippen molar-refractivity contribution in [1.82, 2.24) is 15.5 Å². The third-order valence-electron chi connectivity index (χ3n) is 3.43. The van der Waals surface area contributed by atoms with Gasteiger partial charge in [0.1, 0.15) is 5.92 Å². The predicted octanol–water partition coefficient (Wildman–Crippen LogP) is 1.38. The Morgan fingerprint density at radius 3 is 2.43 bits per heavy atom. The first-order valence-electron chi connectivity index (χ1n) is 6.82. The molecule has 8 heteroatoms. The molecule has 0 radical (unpaired) electrons. The molecule has 1 aromatic rings. The lowest BCUT2D eigenvalue weighted by Crippen LogP contribution is -2.43. The van der Waals surface area contributed by atoms with E-state index in [0.717, 1.165) is 0 Å². The summed E-state index contributed by atoms with van der Waals surface area (Å²) in [4.78, 5) is 26.5. The summed E-state index contributed by atoms with van der Waals surface area (Å²) in [5.74, 6) is -0.0643. The van der Waals surface area contributed by atoms with E-state index in [2.05, 4.69) is 15.5 Å². The van der Waals surface area contributed by atoms with E-state index in [0.29, 0.717) is 11.7 Å². The van der Waals surface area contributed by atoms with E-state index in [9.17, 15) is 14.9 Å². The lowest BCUT2D eigenvalue weighted by molar-refractivity contribution is -0.497. The number of nitrogens with zero attached hydrogens (tertiary/aromatic N) is 3. The van der Waals surface area contributed by atoms with Crippen molar-refractivity contribution in [3.05, 3.63) is 21.8 Å². The average Bonchev–Trinajstić information content (AvgIpc) is 2.95. The first-order valence-corrected chi connectivity index (χ1v) is 6.82. The second-order valence-corrected chi connectivity index (χ2v) is 6.98. The van der Waals surface area contributed by atoms with Crippen LogP contribution in [0, 0.1) is 16.0 Å². The first kappa shape index (κ1) is 15.4. The van der Waals surface area contributed by atoms with Crippen molar-refractivity contribution in [1.29, 1.82) is 0 Å². The molecule has 21 heavy (non-hydrogen) atoms. The predicted molar refractivity (Wildman–Crippen MR) is 73.1 cm³/mol. The molecular formula is C13H20N4O4. The smallest absolute Gasteiger partial charge is 0.232 e. The molecule has 1 fully saturated rings. The summed E-state index contributed by atoms with van der Waals surface area (Å²) in [5.41, 5.74) is -1.12. The zero-order chi connectivity index (χ0) is 16.0. The van der Waals surface area contributed by atoms with Gasteiger partial charge in [-0.2, -0.15) is 4.98 Å². The Morgan fingerprint density at radius 2 is 2.00 bits per heavy atom. The van der Waals surface area contributed by atoms with Crippen LogP contribution in [0.1, 0.15) is 52.8 Å². The Labute approximate surface area is 122 Å². The van der Waals surface area contributed by atoms with Crippen LogP contribution < -0.4 is 5.32 Å². The molecular weight excluding hydrogens is 276 g/mol. The number of amides is 1. The summed E-state index contributed by atoms with van der Waals surface area (Å²) in [6, 6.07) is -0.767. The number of hydrogen-bond donors (Lipinski definition) is 1. The van der Waals surface area contributed by atoms with Crippen LogP contribution in [0.4, 0.5) is 0 Å². The fraction of sp³-hybridized carbons (Fsp3) is 0.769. The molecule has 1 heterocycles.